The summed E-state index contributed by atoms with van der Waals surface area (Å²) in [7, 11) is 0. The van der Waals surface area contributed by atoms with Gasteiger partial charge in [0.1, 0.15) is 0 Å². The van der Waals surface area contributed by atoms with Gasteiger partial charge < -0.3 is 10.3 Å². The summed E-state index contributed by atoms with van der Waals surface area (Å²) in [5.41, 5.74) is 5.74. The fraction of sp³-hybridized carbons (Fsp3) is 0.111. The maximum absolute atomic E-state index is 12.3. The quantitative estimate of drug-likeness (QED) is 0.698. The first-order valence-electron chi connectivity index (χ1n) is 7.35. The average molecular weight is 324 g/mol. The van der Waals surface area contributed by atoms with Crippen molar-refractivity contribution in [3.05, 3.63) is 64.6 Å². The fourth-order valence-electron chi connectivity index (χ4n) is 3.12. The van der Waals surface area contributed by atoms with E-state index in [0.29, 0.717) is 11.4 Å². The van der Waals surface area contributed by atoms with Gasteiger partial charge in [-0.2, -0.15) is 0 Å². The molecule has 1 aliphatic rings. The van der Waals surface area contributed by atoms with Crippen molar-refractivity contribution < 1.29 is 4.79 Å². The van der Waals surface area contributed by atoms with Crippen molar-refractivity contribution in [1.29, 1.82) is 0 Å². The second-order valence-corrected chi connectivity index (χ2v) is 6.12. The molecule has 3 aromatic rings. The normalized spacial score (nSPS) is 14.6. The van der Waals surface area contributed by atoms with Gasteiger partial charge in [-0.15, -0.1) is 0 Å². The smallest absolute Gasteiger partial charge is 0.228 e. The van der Waals surface area contributed by atoms with E-state index in [-0.39, 0.29) is 5.91 Å². The van der Waals surface area contributed by atoms with Crippen LogP contribution in [0.2, 0.25) is 5.02 Å². The van der Waals surface area contributed by atoms with E-state index < -0.39 is 0 Å². The Morgan fingerprint density at radius 3 is 2.74 bits per heavy atom. The highest BCUT2D eigenvalue weighted by Crippen LogP contribution is 2.40. The molecule has 0 fully saturated rings. The number of amides is 1. The van der Waals surface area contributed by atoms with Crippen LogP contribution in [0.3, 0.4) is 0 Å². The first-order chi connectivity index (χ1) is 11.1. The van der Waals surface area contributed by atoms with Gasteiger partial charge in [0.05, 0.1) is 11.4 Å². The van der Waals surface area contributed by atoms with Crippen LogP contribution in [0.1, 0.15) is 24.6 Å². The molecule has 0 spiro atoms. The van der Waals surface area contributed by atoms with E-state index in [9.17, 15) is 4.79 Å². The lowest BCUT2D eigenvalue weighted by molar-refractivity contribution is -0.115. The first-order valence-corrected chi connectivity index (χ1v) is 7.73. The molecule has 2 N–H and O–H groups in total. The van der Waals surface area contributed by atoms with Crippen molar-refractivity contribution in [2.24, 2.45) is 0 Å². The topological polar surface area (TPSA) is 57.8 Å². The molecule has 4 rings (SSSR count). The lowest BCUT2D eigenvalue weighted by Gasteiger charge is -2.09. The summed E-state index contributed by atoms with van der Waals surface area (Å²) >= 11 is 6.13. The molecule has 0 aliphatic carbocycles. The van der Waals surface area contributed by atoms with Crippen LogP contribution in [0.4, 0.5) is 5.69 Å². The number of fused-ring (bicyclic) bond motifs is 3. The summed E-state index contributed by atoms with van der Waals surface area (Å²) in [5, 5.41) is 4.58. The highest BCUT2D eigenvalue weighted by Gasteiger charge is 2.24. The number of carbonyl (C=O) groups is 1. The van der Waals surface area contributed by atoms with E-state index in [1.807, 2.05) is 37.3 Å². The van der Waals surface area contributed by atoms with Gasteiger partial charge in [-0.05, 0) is 42.8 Å². The molecule has 1 aliphatic heterocycles. The fourth-order valence-corrected chi connectivity index (χ4v) is 3.29. The van der Waals surface area contributed by atoms with Crippen LogP contribution >= 0.6 is 11.6 Å². The molecule has 5 heteroatoms. The van der Waals surface area contributed by atoms with E-state index in [1.54, 1.807) is 12.4 Å². The third-order valence-corrected chi connectivity index (χ3v) is 4.33. The molecule has 0 saturated heterocycles. The largest absolute Gasteiger partial charge is 0.353 e. The van der Waals surface area contributed by atoms with Crippen LogP contribution in [0.5, 0.6) is 0 Å². The van der Waals surface area contributed by atoms with Gasteiger partial charge in [0.25, 0.3) is 0 Å². The first kappa shape index (κ1) is 14.0. The summed E-state index contributed by atoms with van der Waals surface area (Å²) in [6, 6.07) is 9.55. The summed E-state index contributed by atoms with van der Waals surface area (Å²) < 4.78 is 0. The monoisotopic (exact) mass is 323 g/mol. The van der Waals surface area contributed by atoms with E-state index in [2.05, 4.69) is 15.3 Å². The van der Waals surface area contributed by atoms with Crippen molar-refractivity contribution in [2.75, 3.05) is 5.32 Å². The van der Waals surface area contributed by atoms with Gasteiger partial charge in [0.15, 0.2) is 0 Å². The Morgan fingerprint density at radius 2 is 1.96 bits per heavy atom. The number of halogens is 1. The number of anilines is 1. The zero-order valence-electron chi connectivity index (χ0n) is 12.5. The predicted octanol–water partition coefficient (Wildman–Crippen LogP) is 4.38. The molecule has 0 atom stereocenters. The number of pyridine rings is 1. The van der Waals surface area contributed by atoms with Gasteiger partial charge in [-0.25, -0.2) is 0 Å². The van der Waals surface area contributed by atoms with Crippen LogP contribution in [0.15, 0.2) is 48.3 Å². The number of H-pyrrole nitrogens is 1. The number of nitrogens with zero attached hydrogens (tertiary/aromatic N) is 1. The van der Waals surface area contributed by atoms with E-state index in [1.165, 1.54) is 0 Å². The SMILES string of the molecule is CC1=C(c2ccncc2)c2[nH]c3ccc(Cl)cc3c2NC(=O)C1. The summed E-state index contributed by atoms with van der Waals surface area (Å²) in [6.07, 6.45) is 3.88. The number of hydrogen-bond acceptors (Lipinski definition) is 2. The van der Waals surface area contributed by atoms with Crippen molar-refractivity contribution in [1.82, 2.24) is 9.97 Å². The third-order valence-electron chi connectivity index (χ3n) is 4.10. The number of aromatic nitrogens is 2. The lowest BCUT2D eigenvalue weighted by Crippen LogP contribution is -2.09. The highest BCUT2D eigenvalue weighted by atomic mass is 35.5. The van der Waals surface area contributed by atoms with Crippen LogP contribution in [0.25, 0.3) is 16.5 Å². The number of benzene rings is 1. The average Bonchev–Trinajstić information content (AvgIpc) is 2.80. The molecule has 0 unspecified atom stereocenters. The van der Waals surface area contributed by atoms with E-state index >= 15 is 0 Å². The molecule has 1 aromatic carbocycles. The molecule has 0 saturated carbocycles. The Morgan fingerprint density at radius 1 is 1.17 bits per heavy atom. The van der Waals surface area contributed by atoms with Crippen LogP contribution in [-0.2, 0) is 4.79 Å². The summed E-state index contributed by atoms with van der Waals surface area (Å²) in [6.45, 7) is 1.99. The van der Waals surface area contributed by atoms with Gasteiger partial charge in [0.2, 0.25) is 5.91 Å². The van der Waals surface area contributed by atoms with Crippen molar-refractivity contribution in [2.45, 2.75) is 13.3 Å². The second-order valence-electron chi connectivity index (χ2n) is 5.68. The Kier molecular flexibility index (Phi) is 3.20. The van der Waals surface area contributed by atoms with Crippen LogP contribution < -0.4 is 5.32 Å². The minimum atomic E-state index is -0.0197. The molecular formula is C18H14ClN3O. The summed E-state index contributed by atoms with van der Waals surface area (Å²) in [5.74, 6) is -0.0197. The maximum atomic E-state index is 12.3. The Labute approximate surface area is 138 Å². The standard InChI is InChI=1S/C18H14ClN3O/c1-10-8-15(23)22-17-13-9-12(19)2-3-14(13)21-18(17)16(10)11-4-6-20-7-5-11/h2-7,9,21H,8H2,1H3,(H,22,23). The number of carbonyl (C=O) groups excluding carboxylic acids is 1. The maximum Gasteiger partial charge on any atom is 0.228 e. The zero-order chi connectivity index (χ0) is 16.0. The van der Waals surface area contributed by atoms with Crippen LogP contribution in [0, 0.1) is 0 Å². The highest BCUT2D eigenvalue weighted by molar-refractivity contribution is 6.31. The minimum Gasteiger partial charge on any atom is -0.353 e. The molecule has 2 aromatic heterocycles. The number of rotatable bonds is 1. The molecule has 114 valence electrons. The van der Waals surface area contributed by atoms with Gasteiger partial charge in [-0.1, -0.05) is 17.2 Å². The molecule has 1 amide bonds. The van der Waals surface area contributed by atoms with E-state index in [0.717, 1.165) is 39.0 Å². The number of hydrogen-bond donors (Lipinski definition) is 2. The minimum absolute atomic E-state index is 0.0197. The van der Waals surface area contributed by atoms with Crippen molar-refractivity contribution in [3.8, 4) is 0 Å². The molecular weight excluding hydrogens is 310 g/mol. The van der Waals surface area contributed by atoms with E-state index in [4.69, 9.17) is 11.6 Å². The van der Waals surface area contributed by atoms with Crippen molar-refractivity contribution >= 4 is 39.7 Å². The molecule has 4 nitrogen and oxygen atoms in total. The lowest BCUT2D eigenvalue weighted by atomic mass is 9.97. The Balaban J connectivity index is 2.06. The molecule has 0 radical (unpaired) electrons. The molecule has 0 bridgehead atoms. The van der Waals surface area contributed by atoms with Crippen LogP contribution in [-0.4, -0.2) is 15.9 Å². The third kappa shape index (κ3) is 2.32. The second kappa shape index (κ2) is 5.25. The zero-order valence-corrected chi connectivity index (χ0v) is 13.2. The Bertz CT molecular complexity index is 957. The van der Waals surface area contributed by atoms with Gasteiger partial charge >= 0.3 is 0 Å². The summed E-state index contributed by atoms with van der Waals surface area (Å²) in [4.78, 5) is 19.8. The Hall–Kier alpha value is -2.59. The number of nitrogens with one attached hydrogen (secondary N) is 2. The van der Waals surface area contributed by atoms with Gasteiger partial charge in [0, 0.05) is 40.3 Å². The number of aromatic amines is 1. The predicted molar refractivity (Wildman–Crippen MR) is 92.5 cm³/mol. The van der Waals surface area contributed by atoms with Crippen molar-refractivity contribution in [3.63, 3.8) is 0 Å². The van der Waals surface area contributed by atoms with Gasteiger partial charge in [-0.3, -0.25) is 9.78 Å². The molecule has 23 heavy (non-hydrogen) atoms. The molecule has 3 heterocycles.